The third-order valence-corrected chi connectivity index (χ3v) is 7.24. The highest BCUT2D eigenvalue weighted by Crippen LogP contribution is 2.39. The molecule has 0 amide bonds. The summed E-state index contributed by atoms with van der Waals surface area (Å²) in [6.45, 7) is 13.1. The minimum atomic E-state index is -0.150. The maximum absolute atomic E-state index is 5.84. The maximum atomic E-state index is 5.84. The Morgan fingerprint density at radius 3 is 2.59 bits per heavy atom. The van der Waals surface area contributed by atoms with Gasteiger partial charge >= 0.3 is 0 Å². The third-order valence-electron chi connectivity index (χ3n) is 7.24. The predicted molar refractivity (Wildman–Crippen MR) is 157 cm³/mol. The van der Waals surface area contributed by atoms with Crippen LogP contribution in [0.15, 0.2) is 52.2 Å². The molecule has 3 atom stereocenters. The smallest absolute Gasteiger partial charge is 0.125 e. The fourth-order valence-corrected chi connectivity index (χ4v) is 5.22. The van der Waals surface area contributed by atoms with Crippen LogP contribution in [0.4, 0.5) is 0 Å². The molecular weight excluding hydrogens is 490 g/mol. The number of unbranched alkanes of at least 4 members (excludes halogenated alkanes) is 1. The first-order chi connectivity index (χ1) is 19.2. The lowest BCUT2D eigenvalue weighted by Crippen LogP contribution is -2.41. The Morgan fingerprint density at radius 2 is 1.85 bits per heavy atom. The lowest BCUT2D eigenvalue weighted by molar-refractivity contribution is 0.0442. The quantitative estimate of drug-likeness (QED) is 0.296. The molecule has 2 aliphatic rings. The van der Waals surface area contributed by atoms with Gasteiger partial charge in [-0.2, -0.15) is 10.2 Å². The molecule has 39 heavy (non-hydrogen) atoms. The Labute approximate surface area is 233 Å². The minimum Gasteiger partial charge on any atom is -0.379 e. The van der Waals surface area contributed by atoms with Gasteiger partial charge in [0.05, 0.1) is 37.8 Å². The number of rotatable bonds is 16. The summed E-state index contributed by atoms with van der Waals surface area (Å²) in [5.41, 5.74) is 4.34. The summed E-state index contributed by atoms with van der Waals surface area (Å²) in [5, 5.41) is 12.0. The second-order valence-electron chi connectivity index (χ2n) is 10.2. The summed E-state index contributed by atoms with van der Waals surface area (Å²) < 4.78 is 13.4. The van der Waals surface area contributed by atoms with Crippen LogP contribution in [0.5, 0.6) is 0 Å². The first-order valence-corrected chi connectivity index (χ1v) is 14.6. The van der Waals surface area contributed by atoms with Crippen molar-refractivity contribution in [2.24, 2.45) is 9.98 Å². The zero-order valence-electron chi connectivity index (χ0n) is 24.1. The lowest BCUT2D eigenvalue weighted by atomic mass is 9.86. The molecule has 212 valence electrons. The van der Waals surface area contributed by atoms with Crippen molar-refractivity contribution >= 4 is 17.6 Å². The fourth-order valence-electron chi connectivity index (χ4n) is 5.22. The average molecular weight is 536 g/mol. The fraction of sp³-hybridized carbons (Fsp3) is 0.600. The van der Waals surface area contributed by atoms with Gasteiger partial charge in [0, 0.05) is 43.4 Å². The van der Waals surface area contributed by atoms with E-state index in [4.69, 9.17) is 19.5 Å². The Bertz CT molecular complexity index is 1130. The van der Waals surface area contributed by atoms with Gasteiger partial charge in [-0.1, -0.05) is 33.6 Å². The molecule has 4 heterocycles. The molecule has 0 saturated heterocycles. The van der Waals surface area contributed by atoms with E-state index >= 15 is 0 Å². The largest absolute Gasteiger partial charge is 0.379 e. The van der Waals surface area contributed by atoms with E-state index in [1.165, 1.54) is 12.8 Å². The van der Waals surface area contributed by atoms with Crippen molar-refractivity contribution in [2.45, 2.75) is 84.5 Å². The number of aromatic nitrogens is 4. The van der Waals surface area contributed by atoms with Crippen LogP contribution in [0.1, 0.15) is 77.2 Å². The van der Waals surface area contributed by atoms with E-state index < -0.39 is 0 Å². The van der Waals surface area contributed by atoms with Gasteiger partial charge in [0.25, 0.3) is 0 Å². The third kappa shape index (κ3) is 7.33. The van der Waals surface area contributed by atoms with Gasteiger partial charge in [-0.25, -0.2) is 0 Å². The van der Waals surface area contributed by atoms with E-state index in [0.29, 0.717) is 32.4 Å². The molecule has 0 aliphatic carbocycles. The molecule has 4 rings (SSSR count). The van der Waals surface area contributed by atoms with Crippen molar-refractivity contribution in [3.63, 3.8) is 0 Å². The summed E-state index contributed by atoms with van der Waals surface area (Å²) in [5.74, 6) is 1.02. The number of ether oxygens (including phenoxy) is 2. The molecule has 3 unspecified atom stereocenters. The Hall–Kier alpha value is -3.04. The zero-order chi connectivity index (χ0) is 27.5. The van der Waals surface area contributed by atoms with Crippen molar-refractivity contribution in [2.75, 3.05) is 33.0 Å². The molecule has 0 spiro atoms. The maximum Gasteiger partial charge on any atom is 0.125 e. The molecule has 0 bridgehead atoms. The number of H-pyrrole nitrogens is 1. The van der Waals surface area contributed by atoms with Crippen molar-refractivity contribution in [1.82, 2.24) is 24.9 Å². The van der Waals surface area contributed by atoms with Crippen molar-refractivity contribution in [3.8, 4) is 0 Å². The number of nitrogens with zero attached hydrogens (tertiary/aromatic N) is 6. The number of nitrogens with one attached hydrogen (secondary N) is 1. The summed E-state index contributed by atoms with van der Waals surface area (Å²) in [6, 6.07) is 4.20. The van der Waals surface area contributed by atoms with Crippen LogP contribution in [0.3, 0.4) is 0 Å². The molecule has 2 aromatic rings. The molecule has 0 radical (unpaired) electrons. The molecule has 2 aromatic heterocycles. The van der Waals surface area contributed by atoms with E-state index in [9.17, 15) is 0 Å². The topological polar surface area (TPSA) is 92.9 Å². The van der Waals surface area contributed by atoms with Crippen molar-refractivity contribution < 1.29 is 9.47 Å². The molecule has 0 saturated carbocycles. The summed E-state index contributed by atoms with van der Waals surface area (Å²) in [4.78, 5) is 12.7. The Kier molecular flexibility index (Phi) is 11.1. The van der Waals surface area contributed by atoms with Gasteiger partial charge in [0.1, 0.15) is 17.9 Å². The van der Waals surface area contributed by atoms with E-state index in [2.05, 4.69) is 66.1 Å². The summed E-state index contributed by atoms with van der Waals surface area (Å²) in [6.07, 6.45) is 15.5. The highest BCUT2D eigenvalue weighted by Gasteiger charge is 2.36. The molecule has 0 fully saturated rings. The predicted octanol–water partition coefficient (Wildman–Crippen LogP) is 5.26. The van der Waals surface area contributed by atoms with Crippen LogP contribution in [0.2, 0.25) is 0 Å². The van der Waals surface area contributed by atoms with Crippen LogP contribution in [0.25, 0.3) is 5.57 Å². The van der Waals surface area contributed by atoms with Crippen LogP contribution < -0.4 is 0 Å². The lowest BCUT2D eigenvalue weighted by Gasteiger charge is -2.37. The SMILES string of the molecule is CCCCC(C)N(CCC)C1=NC2C(=CC=NC2c2ccn[nH]2)C(c2ccnn2CCOCCOCCC)=C1. The normalized spacial score (nSPS) is 19.3. The number of dihydropyridines is 2. The number of hydrogen-bond donors (Lipinski definition) is 1. The molecule has 9 nitrogen and oxygen atoms in total. The number of allylic oxidation sites excluding steroid dienone is 1. The van der Waals surface area contributed by atoms with Crippen LogP contribution in [-0.2, 0) is 16.0 Å². The van der Waals surface area contributed by atoms with E-state index in [1.807, 2.05) is 23.2 Å². The second-order valence-corrected chi connectivity index (χ2v) is 10.2. The van der Waals surface area contributed by atoms with Gasteiger partial charge in [-0.15, -0.1) is 0 Å². The first kappa shape index (κ1) is 29.0. The van der Waals surface area contributed by atoms with E-state index in [0.717, 1.165) is 60.8 Å². The number of amidine groups is 1. The number of aromatic amines is 1. The van der Waals surface area contributed by atoms with E-state index in [1.54, 1.807) is 6.20 Å². The van der Waals surface area contributed by atoms with Gasteiger partial charge in [-0.05, 0) is 56.0 Å². The van der Waals surface area contributed by atoms with Crippen LogP contribution in [0, 0.1) is 0 Å². The Balaban J connectivity index is 1.63. The minimum absolute atomic E-state index is 0.140. The van der Waals surface area contributed by atoms with E-state index in [-0.39, 0.29) is 12.1 Å². The van der Waals surface area contributed by atoms with Crippen LogP contribution in [-0.4, -0.2) is 82.0 Å². The Morgan fingerprint density at radius 1 is 1.00 bits per heavy atom. The highest BCUT2D eigenvalue weighted by atomic mass is 16.5. The second kappa shape index (κ2) is 14.9. The summed E-state index contributed by atoms with van der Waals surface area (Å²) in [7, 11) is 0. The molecule has 1 N–H and O–H groups in total. The van der Waals surface area contributed by atoms with Gasteiger partial charge < -0.3 is 14.4 Å². The number of fused-ring (bicyclic) bond motifs is 1. The molecule has 0 aromatic carbocycles. The average Bonchev–Trinajstić information content (AvgIpc) is 3.66. The van der Waals surface area contributed by atoms with Crippen LogP contribution >= 0.6 is 0 Å². The molecular formula is C30H45N7O2. The molecule has 9 heteroatoms. The standard InChI is InChI=1S/C30H45N7O2/c1-5-8-9-23(4)36(16-6-2)28-22-25(24-10-13-31-30(29(24)34-28)26-11-14-32-35-26)27-12-15-33-37(27)17-19-39-21-20-38-18-7-3/h10-15,22-23,29-30H,5-9,16-21H2,1-4H3,(H,32,35). The van der Waals surface area contributed by atoms with Crippen molar-refractivity contribution in [3.05, 3.63) is 53.6 Å². The van der Waals surface area contributed by atoms with Gasteiger partial charge in [0.15, 0.2) is 0 Å². The number of aliphatic imine (C=N–C) groups is 2. The van der Waals surface area contributed by atoms with Gasteiger partial charge in [-0.3, -0.25) is 19.8 Å². The first-order valence-electron chi connectivity index (χ1n) is 14.6. The molecule has 2 aliphatic heterocycles. The number of hydrogen-bond acceptors (Lipinski definition) is 7. The summed E-state index contributed by atoms with van der Waals surface area (Å²) >= 11 is 0. The van der Waals surface area contributed by atoms with Gasteiger partial charge in [0.2, 0.25) is 0 Å². The zero-order valence-corrected chi connectivity index (χ0v) is 24.1. The highest BCUT2D eigenvalue weighted by molar-refractivity contribution is 6.06. The monoisotopic (exact) mass is 535 g/mol. The van der Waals surface area contributed by atoms with Crippen molar-refractivity contribution in [1.29, 1.82) is 0 Å².